The number of hydrogen-bond donors (Lipinski definition) is 1. The quantitative estimate of drug-likeness (QED) is 0.203. The first-order chi connectivity index (χ1) is 25.6. The lowest BCUT2D eigenvalue weighted by atomic mass is 10.1. The molecule has 0 aliphatic carbocycles. The fourth-order valence-corrected chi connectivity index (χ4v) is 5.57. The fraction of sp³-hybridized carbons (Fsp3) is 0.162. The number of benzene rings is 3. The van der Waals surface area contributed by atoms with Crippen molar-refractivity contribution in [3.05, 3.63) is 157 Å². The highest BCUT2D eigenvalue weighted by molar-refractivity contribution is 6.31. The van der Waals surface area contributed by atoms with E-state index in [4.69, 9.17) is 30.5 Å². The lowest BCUT2D eigenvalue weighted by molar-refractivity contribution is -0.0661. The summed E-state index contributed by atoms with van der Waals surface area (Å²) in [5, 5.41) is 19.9. The van der Waals surface area contributed by atoms with E-state index in [0.717, 1.165) is 6.07 Å². The Morgan fingerprint density at radius 1 is 0.943 bits per heavy atom. The summed E-state index contributed by atoms with van der Waals surface area (Å²) in [4.78, 5) is 69.6. The molecule has 1 N–H and O–H groups in total. The Morgan fingerprint density at radius 2 is 1.64 bits per heavy atom. The van der Waals surface area contributed by atoms with Crippen molar-refractivity contribution in [2.45, 2.75) is 31.5 Å². The van der Waals surface area contributed by atoms with Crippen LogP contribution < -0.4 is 20.7 Å². The highest BCUT2D eigenvalue weighted by atomic mass is 35.5. The Kier molecular flexibility index (Phi) is 11.0. The van der Waals surface area contributed by atoms with Crippen LogP contribution in [0.2, 0.25) is 5.02 Å². The van der Waals surface area contributed by atoms with E-state index in [-0.39, 0.29) is 45.7 Å². The van der Waals surface area contributed by atoms with Crippen molar-refractivity contribution in [3.8, 4) is 17.8 Å². The van der Waals surface area contributed by atoms with E-state index in [9.17, 15) is 34.3 Å². The summed E-state index contributed by atoms with van der Waals surface area (Å²) in [7, 11) is 0. The van der Waals surface area contributed by atoms with Crippen LogP contribution in [0.15, 0.2) is 107 Å². The molecular weight excluding hydrogens is 715 g/mol. The molecule has 16 heteroatoms. The van der Waals surface area contributed by atoms with Crippen LogP contribution in [0.1, 0.15) is 54.8 Å². The lowest BCUT2D eigenvalue weighted by Crippen LogP contribution is -2.46. The molecule has 0 amide bonds. The number of hydrogen-bond acceptors (Lipinski definition) is 12. The van der Waals surface area contributed by atoms with E-state index in [1.165, 1.54) is 42.5 Å². The van der Waals surface area contributed by atoms with Crippen LogP contribution in [-0.2, 0) is 16.1 Å². The summed E-state index contributed by atoms with van der Waals surface area (Å²) in [5.41, 5.74) is -2.79. The van der Waals surface area contributed by atoms with Gasteiger partial charge in [0.15, 0.2) is 0 Å². The summed E-state index contributed by atoms with van der Waals surface area (Å²) in [6, 6.07) is 23.8. The van der Waals surface area contributed by atoms with Gasteiger partial charge in [-0.3, -0.25) is 14.2 Å². The first-order valence-corrected chi connectivity index (χ1v) is 16.2. The van der Waals surface area contributed by atoms with Crippen LogP contribution in [0.25, 0.3) is 0 Å². The smallest absolute Gasteiger partial charge is 0.344 e. The number of nitriles is 1. The molecule has 0 bridgehead atoms. The van der Waals surface area contributed by atoms with Gasteiger partial charge < -0.3 is 24.1 Å². The van der Waals surface area contributed by atoms with Crippen molar-refractivity contribution in [3.63, 3.8) is 0 Å². The Hall–Kier alpha value is -6.31. The van der Waals surface area contributed by atoms with Crippen molar-refractivity contribution in [2.24, 2.45) is 0 Å². The maximum Gasteiger partial charge on any atom is 0.344 e. The highest BCUT2D eigenvalue weighted by Crippen LogP contribution is 2.31. The molecule has 1 aliphatic rings. The maximum absolute atomic E-state index is 15.0. The van der Waals surface area contributed by atoms with Gasteiger partial charge in [0.1, 0.15) is 24.0 Å². The minimum atomic E-state index is -1.56. The van der Waals surface area contributed by atoms with Gasteiger partial charge in [-0.2, -0.15) is 19.2 Å². The molecule has 1 fully saturated rings. The topological polar surface area (TPSA) is 189 Å². The molecule has 53 heavy (non-hydrogen) atoms. The van der Waals surface area contributed by atoms with Crippen LogP contribution >= 0.6 is 11.6 Å². The number of rotatable bonds is 10. The third-order valence-electron chi connectivity index (χ3n) is 8.05. The molecule has 3 heterocycles. The van der Waals surface area contributed by atoms with Gasteiger partial charge in [-0.1, -0.05) is 54.1 Å². The molecule has 0 radical (unpaired) electrons. The van der Waals surface area contributed by atoms with Crippen LogP contribution in [-0.4, -0.2) is 55.9 Å². The standard InChI is InChI=1S/C37H26ClFN4O10/c38-26-12-5-4-9-25(26)20-50-28-16-31(51-29(28)19-44)42-18-27(39)34(46)43(37(42)49)33(45)22-10-6-11-23(15-22)36(48)53-32-24(17-40)13-14-30(41-32)52-35(47)21-7-2-1-3-8-21/h1-15,18,28-29,31,44H,16,19-20H2/t28-,29+,31+/m0/s1. The Balaban J connectivity index is 1.22. The molecule has 2 aromatic heterocycles. The summed E-state index contributed by atoms with van der Waals surface area (Å²) < 4.78 is 38.0. The number of halogens is 2. The van der Waals surface area contributed by atoms with Crippen LogP contribution in [0.4, 0.5) is 4.39 Å². The molecule has 268 valence electrons. The monoisotopic (exact) mass is 740 g/mol. The van der Waals surface area contributed by atoms with Crippen molar-refractivity contribution < 1.29 is 42.8 Å². The van der Waals surface area contributed by atoms with Crippen LogP contribution in [0.3, 0.4) is 0 Å². The number of carbonyl (C=O) groups excluding carboxylic acids is 3. The Morgan fingerprint density at radius 3 is 2.38 bits per heavy atom. The first kappa shape index (κ1) is 36.5. The number of nitrogens with zero attached hydrogens (tertiary/aromatic N) is 4. The number of ether oxygens (including phenoxy) is 4. The normalized spacial score (nSPS) is 16.5. The number of aliphatic hydroxyl groups excluding tert-OH is 1. The Labute approximate surface area is 303 Å². The lowest BCUT2D eigenvalue weighted by Gasteiger charge is -2.17. The van der Waals surface area contributed by atoms with E-state index in [0.29, 0.717) is 21.4 Å². The zero-order valence-electron chi connectivity index (χ0n) is 27.3. The highest BCUT2D eigenvalue weighted by Gasteiger charge is 2.38. The predicted molar refractivity (Wildman–Crippen MR) is 182 cm³/mol. The average Bonchev–Trinajstić information content (AvgIpc) is 3.59. The van der Waals surface area contributed by atoms with Gasteiger partial charge in [0, 0.05) is 23.1 Å². The van der Waals surface area contributed by atoms with E-state index in [2.05, 4.69) is 4.98 Å². The second-order valence-electron chi connectivity index (χ2n) is 11.4. The van der Waals surface area contributed by atoms with E-state index < -0.39 is 65.8 Å². The summed E-state index contributed by atoms with van der Waals surface area (Å²) in [6.07, 6.45) is -2.42. The zero-order valence-corrected chi connectivity index (χ0v) is 28.0. The second-order valence-corrected chi connectivity index (χ2v) is 11.8. The fourth-order valence-electron chi connectivity index (χ4n) is 5.38. The molecule has 1 aliphatic heterocycles. The van der Waals surface area contributed by atoms with Gasteiger partial charge in [-0.05, 0) is 48.0 Å². The van der Waals surface area contributed by atoms with E-state index in [1.807, 2.05) is 0 Å². The zero-order chi connectivity index (χ0) is 37.6. The molecule has 3 aromatic carbocycles. The summed E-state index contributed by atoms with van der Waals surface area (Å²) in [6.45, 7) is -0.477. The van der Waals surface area contributed by atoms with Crippen molar-refractivity contribution in [2.75, 3.05) is 6.61 Å². The third-order valence-corrected chi connectivity index (χ3v) is 8.42. The SMILES string of the molecule is N#Cc1ccc(OC(=O)c2ccccc2)nc1OC(=O)c1cccc(C(=O)n2c(=O)c(F)cn([C@H]3C[C@H](OCc4ccccc4Cl)[C@@H](CO)O3)c2=O)c1. The minimum Gasteiger partial charge on any atom is -0.404 e. The van der Waals surface area contributed by atoms with Crippen molar-refractivity contribution in [1.82, 2.24) is 14.1 Å². The molecule has 0 saturated carbocycles. The third kappa shape index (κ3) is 7.96. The number of aromatic nitrogens is 3. The largest absolute Gasteiger partial charge is 0.404 e. The number of carbonyl (C=O) groups is 3. The molecule has 3 atom stereocenters. The maximum atomic E-state index is 15.0. The number of pyridine rings is 1. The number of aliphatic hydroxyl groups is 1. The van der Waals surface area contributed by atoms with Crippen LogP contribution in [0.5, 0.6) is 11.8 Å². The molecule has 0 unspecified atom stereocenters. The van der Waals surface area contributed by atoms with E-state index >= 15 is 4.39 Å². The van der Waals surface area contributed by atoms with Crippen LogP contribution in [0, 0.1) is 17.1 Å². The molecule has 0 spiro atoms. The van der Waals surface area contributed by atoms with Gasteiger partial charge in [0.25, 0.3) is 11.5 Å². The van der Waals surface area contributed by atoms with E-state index in [1.54, 1.807) is 48.5 Å². The van der Waals surface area contributed by atoms with Crippen molar-refractivity contribution in [1.29, 1.82) is 5.26 Å². The predicted octanol–water partition coefficient (Wildman–Crippen LogP) is 4.06. The molecular formula is C37H26ClFN4O10. The second kappa shape index (κ2) is 15.9. The molecule has 5 aromatic rings. The molecule has 6 rings (SSSR count). The summed E-state index contributed by atoms with van der Waals surface area (Å²) >= 11 is 6.20. The first-order valence-electron chi connectivity index (χ1n) is 15.8. The van der Waals surface area contributed by atoms with Gasteiger partial charge in [-0.25, -0.2) is 14.4 Å². The summed E-state index contributed by atoms with van der Waals surface area (Å²) in [5.74, 6) is -5.40. The average molecular weight is 741 g/mol. The van der Waals surface area contributed by atoms with Crippen molar-refractivity contribution >= 4 is 29.4 Å². The van der Waals surface area contributed by atoms with Gasteiger partial charge >= 0.3 is 17.6 Å². The Bertz CT molecular complexity index is 2380. The molecule has 1 saturated heterocycles. The molecule has 14 nitrogen and oxygen atoms in total. The number of esters is 2. The van der Waals surface area contributed by atoms with Gasteiger partial charge in [-0.15, -0.1) is 0 Å². The minimum absolute atomic E-state index is 0.0397. The van der Waals surface area contributed by atoms with Gasteiger partial charge in [0.2, 0.25) is 17.6 Å². The van der Waals surface area contributed by atoms with Gasteiger partial charge in [0.05, 0.1) is 36.6 Å².